The molecule has 2 aromatic carbocycles. The number of halogens is 3. The predicted molar refractivity (Wildman–Crippen MR) is 115 cm³/mol. The van der Waals surface area contributed by atoms with Gasteiger partial charge >= 0.3 is 11.9 Å². The van der Waals surface area contributed by atoms with Crippen LogP contribution in [-0.2, 0) is 17.8 Å². The average molecular weight is 494 g/mol. The van der Waals surface area contributed by atoms with E-state index >= 15 is 0 Å². The summed E-state index contributed by atoms with van der Waals surface area (Å²) >= 11 is 5.60. The van der Waals surface area contributed by atoms with E-state index in [2.05, 4.69) is 10.4 Å². The zero-order chi connectivity index (χ0) is 25.0. The highest BCUT2D eigenvalue weighted by molar-refractivity contribution is 6.30. The molecule has 0 aliphatic carbocycles. The molecule has 0 fully saturated rings. The van der Waals surface area contributed by atoms with Crippen molar-refractivity contribution in [3.05, 3.63) is 87.7 Å². The number of carboxylic acid groups (broad SMARTS) is 2. The Morgan fingerprint density at radius 1 is 1.06 bits per heavy atom. The number of rotatable bonds is 9. The number of benzene rings is 2. The van der Waals surface area contributed by atoms with Crippen molar-refractivity contribution in [2.45, 2.75) is 25.1 Å². The highest BCUT2D eigenvalue weighted by Crippen LogP contribution is 2.21. The van der Waals surface area contributed by atoms with Crippen molar-refractivity contribution < 1.29 is 38.5 Å². The van der Waals surface area contributed by atoms with Gasteiger partial charge in [0.1, 0.15) is 17.3 Å². The molecule has 2 atom stereocenters. The fraction of sp³-hybridized carbons (Fsp3) is 0.182. The lowest BCUT2D eigenvalue weighted by atomic mass is 10.0. The summed E-state index contributed by atoms with van der Waals surface area (Å²) in [5.74, 6) is -6.15. The van der Waals surface area contributed by atoms with Crippen LogP contribution in [0.2, 0.25) is 5.02 Å². The molecule has 0 saturated heterocycles. The number of carboxylic acids is 2. The van der Waals surface area contributed by atoms with Crippen LogP contribution in [-0.4, -0.2) is 55.1 Å². The minimum Gasteiger partial charge on any atom is -0.479 e. The Morgan fingerprint density at radius 2 is 1.68 bits per heavy atom. The van der Waals surface area contributed by atoms with Crippen LogP contribution in [0.3, 0.4) is 0 Å². The molecule has 178 valence electrons. The summed E-state index contributed by atoms with van der Waals surface area (Å²) in [6.07, 6.45) is -2.02. The van der Waals surface area contributed by atoms with E-state index in [-0.39, 0.29) is 11.4 Å². The molecular formula is C22H18ClF2N3O6. The summed E-state index contributed by atoms with van der Waals surface area (Å²) in [4.78, 5) is 35.7. The van der Waals surface area contributed by atoms with Crippen molar-refractivity contribution in [3.8, 4) is 0 Å². The number of hydrogen-bond donors (Lipinski definition) is 4. The molecule has 9 nitrogen and oxygen atoms in total. The minimum absolute atomic E-state index is 0.0479. The number of carbonyl (C=O) groups excluding carboxylic acids is 1. The normalized spacial score (nSPS) is 12.7. The van der Waals surface area contributed by atoms with Crippen LogP contribution in [0.1, 0.15) is 32.1 Å². The molecule has 1 heterocycles. The second-order valence-corrected chi connectivity index (χ2v) is 7.71. The SMILES string of the molecule is O=C(NC(Cc1ccccc1)C(O)C(=O)O)c1cc(C(=O)O)n(Cc2c(F)cc(Cl)cc2F)n1. The molecule has 4 N–H and O–H groups in total. The van der Waals surface area contributed by atoms with Crippen LogP contribution in [0, 0.1) is 11.6 Å². The van der Waals surface area contributed by atoms with Gasteiger partial charge in [-0.1, -0.05) is 41.9 Å². The molecule has 0 saturated carbocycles. The molecule has 2 unspecified atom stereocenters. The molecule has 1 amide bonds. The van der Waals surface area contributed by atoms with E-state index in [0.717, 1.165) is 18.2 Å². The van der Waals surface area contributed by atoms with Crippen LogP contribution < -0.4 is 5.32 Å². The molecule has 0 aliphatic rings. The zero-order valence-corrected chi connectivity index (χ0v) is 18.0. The Hall–Kier alpha value is -3.83. The topological polar surface area (TPSA) is 142 Å². The van der Waals surface area contributed by atoms with Crippen molar-refractivity contribution in [2.75, 3.05) is 0 Å². The standard InChI is InChI=1S/C22H18ClF2N3O6/c23-12-7-14(24)13(15(25)8-12)10-28-18(21(31)32)9-17(27-28)20(30)26-16(19(29)22(33)34)6-11-4-2-1-3-5-11/h1-5,7-9,16,19,29H,6,10H2,(H,26,30)(H,31,32)(H,33,34). The summed E-state index contributed by atoms with van der Waals surface area (Å²) in [5, 5.41) is 34.6. The van der Waals surface area contributed by atoms with Crippen molar-refractivity contribution in [1.82, 2.24) is 15.1 Å². The number of nitrogens with zero attached hydrogens (tertiary/aromatic N) is 2. The Labute approximate surface area is 196 Å². The quantitative estimate of drug-likeness (QED) is 0.358. The van der Waals surface area contributed by atoms with Gasteiger partial charge in [-0.2, -0.15) is 5.10 Å². The maximum atomic E-state index is 14.2. The predicted octanol–water partition coefficient (Wildman–Crippen LogP) is 2.35. The van der Waals surface area contributed by atoms with Crippen LogP contribution >= 0.6 is 11.6 Å². The highest BCUT2D eigenvalue weighted by Gasteiger charge is 2.29. The molecule has 0 spiro atoms. The van der Waals surface area contributed by atoms with Gasteiger partial charge in [0.2, 0.25) is 0 Å². The number of aliphatic hydroxyl groups excluding tert-OH is 1. The van der Waals surface area contributed by atoms with E-state index in [1.54, 1.807) is 30.3 Å². The molecule has 12 heteroatoms. The number of aromatic nitrogens is 2. The lowest BCUT2D eigenvalue weighted by Gasteiger charge is -2.21. The van der Waals surface area contributed by atoms with Gasteiger partial charge in [0.25, 0.3) is 5.91 Å². The van der Waals surface area contributed by atoms with Crippen molar-refractivity contribution in [2.24, 2.45) is 0 Å². The van der Waals surface area contributed by atoms with Crippen molar-refractivity contribution in [1.29, 1.82) is 0 Å². The summed E-state index contributed by atoms with van der Waals surface area (Å²) in [5.41, 5.74) is -0.899. The molecule has 34 heavy (non-hydrogen) atoms. The third kappa shape index (κ3) is 5.74. The summed E-state index contributed by atoms with van der Waals surface area (Å²) in [7, 11) is 0. The first-order chi connectivity index (χ1) is 16.1. The molecule has 0 radical (unpaired) electrons. The molecule has 3 rings (SSSR count). The van der Waals surface area contributed by atoms with E-state index in [0.29, 0.717) is 10.2 Å². The van der Waals surface area contributed by atoms with Gasteiger partial charge in [-0.25, -0.2) is 18.4 Å². The Bertz CT molecular complexity index is 1210. The number of nitrogens with one attached hydrogen (secondary N) is 1. The third-order valence-corrected chi connectivity index (χ3v) is 5.11. The van der Waals surface area contributed by atoms with Gasteiger partial charge < -0.3 is 20.6 Å². The largest absolute Gasteiger partial charge is 0.479 e. The molecular weight excluding hydrogens is 476 g/mol. The first-order valence-corrected chi connectivity index (χ1v) is 10.1. The second kappa shape index (κ2) is 10.4. The smallest absolute Gasteiger partial charge is 0.354 e. The van der Waals surface area contributed by atoms with Gasteiger partial charge in [-0.15, -0.1) is 0 Å². The first kappa shape index (κ1) is 24.8. The Kier molecular flexibility index (Phi) is 7.59. The monoisotopic (exact) mass is 493 g/mol. The summed E-state index contributed by atoms with van der Waals surface area (Å²) in [6, 6.07) is 9.73. The van der Waals surface area contributed by atoms with Gasteiger partial charge in [0.05, 0.1) is 12.6 Å². The van der Waals surface area contributed by atoms with Crippen LogP contribution in [0.5, 0.6) is 0 Å². The maximum absolute atomic E-state index is 14.2. The van der Waals surface area contributed by atoms with Gasteiger partial charge in [-0.05, 0) is 24.1 Å². The number of aromatic carboxylic acids is 1. The van der Waals surface area contributed by atoms with Crippen LogP contribution in [0.25, 0.3) is 0 Å². The van der Waals surface area contributed by atoms with Gasteiger partial charge in [0, 0.05) is 16.7 Å². The first-order valence-electron chi connectivity index (χ1n) is 9.77. The average Bonchev–Trinajstić information content (AvgIpc) is 3.20. The number of hydrogen-bond acceptors (Lipinski definition) is 5. The molecule has 0 aliphatic heterocycles. The summed E-state index contributed by atoms with van der Waals surface area (Å²) in [6.45, 7) is -0.658. The fourth-order valence-electron chi connectivity index (χ4n) is 3.22. The van der Waals surface area contributed by atoms with E-state index in [1.165, 1.54) is 0 Å². The van der Waals surface area contributed by atoms with E-state index in [4.69, 9.17) is 11.6 Å². The number of carbonyl (C=O) groups is 3. The lowest BCUT2D eigenvalue weighted by Crippen LogP contribution is -2.48. The van der Waals surface area contributed by atoms with Gasteiger partial charge in [-0.3, -0.25) is 9.48 Å². The van der Waals surface area contributed by atoms with E-state index in [1.807, 2.05) is 0 Å². The van der Waals surface area contributed by atoms with Crippen LogP contribution in [0.4, 0.5) is 8.78 Å². The van der Waals surface area contributed by atoms with Crippen molar-refractivity contribution >= 4 is 29.4 Å². The zero-order valence-electron chi connectivity index (χ0n) is 17.3. The fourth-order valence-corrected chi connectivity index (χ4v) is 3.41. The van der Waals surface area contributed by atoms with Gasteiger partial charge in [0.15, 0.2) is 11.8 Å². The third-order valence-electron chi connectivity index (χ3n) is 4.89. The van der Waals surface area contributed by atoms with E-state index < -0.39 is 65.1 Å². The van der Waals surface area contributed by atoms with Crippen LogP contribution in [0.15, 0.2) is 48.5 Å². The summed E-state index contributed by atoms with van der Waals surface area (Å²) < 4.78 is 29.0. The number of amides is 1. The van der Waals surface area contributed by atoms with E-state index in [9.17, 15) is 38.5 Å². The maximum Gasteiger partial charge on any atom is 0.354 e. The second-order valence-electron chi connectivity index (χ2n) is 7.28. The molecule has 0 bridgehead atoms. The lowest BCUT2D eigenvalue weighted by molar-refractivity contribution is -0.148. The minimum atomic E-state index is -1.97. The number of aliphatic carboxylic acids is 1. The number of aliphatic hydroxyl groups is 1. The Morgan fingerprint density at radius 3 is 2.24 bits per heavy atom. The molecule has 3 aromatic rings. The highest BCUT2D eigenvalue weighted by atomic mass is 35.5. The Balaban J connectivity index is 1.89. The van der Waals surface area contributed by atoms with Crippen molar-refractivity contribution in [3.63, 3.8) is 0 Å². The molecule has 1 aromatic heterocycles.